The molecule has 1 aromatic carbocycles. The summed E-state index contributed by atoms with van der Waals surface area (Å²) in [5.74, 6) is 0.163. The number of fused-ring (bicyclic) bond motifs is 1. The minimum atomic E-state index is -2.79. The van der Waals surface area contributed by atoms with Crippen LogP contribution in [0.15, 0.2) is 30.3 Å². The molecule has 1 heterocycles. The minimum Gasteiger partial charge on any atom is -0.435 e. The van der Waals surface area contributed by atoms with Crippen molar-refractivity contribution in [3.05, 3.63) is 45.1 Å². The van der Waals surface area contributed by atoms with Gasteiger partial charge >= 0.3 is 6.61 Å². The van der Waals surface area contributed by atoms with Gasteiger partial charge in [0.05, 0.1) is 10.4 Å². The summed E-state index contributed by atoms with van der Waals surface area (Å²) in [6, 6.07) is 8.78. The molecule has 0 aliphatic heterocycles. The fourth-order valence-corrected chi connectivity index (χ4v) is 3.77. The summed E-state index contributed by atoms with van der Waals surface area (Å²) in [5, 5.41) is 3.40. The number of ether oxygens (including phenoxy) is 1. The van der Waals surface area contributed by atoms with E-state index in [2.05, 4.69) is 10.1 Å². The monoisotopic (exact) mass is 315 g/mol. The van der Waals surface area contributed by atoms with E-state index in [0.717, 1.165) is 22.9 Å². The number of anilines is 1. The summed E-state index contributed by atoms with van der Waals surface area (Å²) in [7, 11) is 0. The molecule has 1 N–H and O–H groups in total. The number of hydrogen-bond donors (Lipinski definition) is 1. The van der Waals surface area contributed by atoms with Gasteiger partial charge in [-0.05, 0) is 48.7 Å². The van der Waals surface area contributed by atoms with E-state index in [1.807, 2.05) is 6.07 Å². The zero-order chi connectivity index (χ0) is 14.1. The van der Waals surface area contributed by atoms with Gasteiger partial charge in [0.25, 0.3) is 0 Å². The quantitative estimate of drug-likeness (QED) is 0.847. The third-order valence-corrected chi connectivity index (χ3v) is 4.61. The second kappa shape index (κ2) is 5.58. The molecule has 1 aromatic heterocycles. The molecule has 1 aliphatic rings. The second-order valence-corrected chi connectivity index (χ2v) is 6.34. The lowest BCUT2D eigenvalue weighted by molar-refractivity contribution is -0.0498. The summed E-state index contributed by atoms with van der Waals surface area (Å²) in [6.45, 7) is -2.79. The molecule has 0 radical (unpaired) electrons. The van der Waals surface area contributed by atoms with Crippen molar-refractivity contribution in [2.45, 2.75) is 25.5 Å². The van der Waals surface area contributed by atoms with Crippen LogP contribution in [-0.2, 0) is 6.42 Å². The number of thiophene rings is 1. The molecule has 0 saturated heterocycles. The number of nitrogens with one attached hydrogen (secondary N) is 1. The maximum Gasteiger partial charge on any atom is 0.387 e. The number of aryl methyl sites for hydroxylation is 1. The fourth-order valence-electron chi connectivity index (χ4n) is 2.41. The lowest BCUT2D eigenvalue weighted by atomic mass is 10.1. The third-order valence-electron chi connectivity index (χ3n) is 3.27. The van der Waals surface area contributed by atoms with Crippen molar-refractivity contribution >= 4 is 28.6 Å². The molecule has 0 saturated carbocycles. The Hall–Kier alpha value is -1.33. The van der Waals surface area contributed by atoms with E-state index in [1.54, 1.807) is 23.5 Å². The van der Waals surface area contributed by atoms with E-state index < -0.39 is 6.61 Å². The molecule has 3 rings (SSSR count). The normalized spacial score (nSPS) is 17.3. The van der Waals surface area contributed by atoms with Gasteiger partial charge in [-0.1, -0.05) is 11.6 Å². The number of alkyl halides is 2. The molecule has 1 unspecified atom stereocenters. The molecule has 0 fully saturated rings. The zero-order valence-electron chi connectivity index (χ0n) is 10.4. The van der Waals surface area contributed by atoms with Gasteiger partial charge in [-0.2, -0.15) is 8.78 Å². The van der Waals surface area contributed by atoms with Crippen molar-refractivity contribution in [1.29, 1.82) is 0 Å². The Morgan fingerprint density at radius 1 is 1.30 bits per heavy atom. The third kappa shape index (κ3) is 2.88. The van der Waals surface area contributed by atoms with Crippen LogP contribution in [-0.4, -0.2) is 6.61 Å². The maximum absolute atomic E-state index is 12.1. The Bertz CT molecular complexity index is 600. The Labute approximate surface area is 124 Å². The summed E-state index contributed by atoms with van der Waals surface area (Å²) in [4.78, 5) is 1.32. The highest BCUT2D eigenvalue weighted by molar-refractivity contribution is 7.16. The second-order valence-electron chi connectivity index (χ2n) is 4.57. The highest BCUT2D eigenvalue weighted by atomic mass is 35.5. The molecule has 2 nitrogen and oxygen atoms in total. The maximum atomic E-state index is 12.1. The SMILES string of the molecule is FC(F)Oc1ccc(NC2CCc3sc(Cl)cc32)cc1. The highest BCUT2D eigenvalue weighted by Gasteiger charge is 2.24. The Kier molecular flexibility index (Phi) is 3.81. The van der Waals surface area contributed by atoms with Crippen LogP contribution in [0.25, 0.3) is 0 Å². The molecule has 0 amide bonds. The number of hydrogen-bond acceptors (Lipinski definition) is 3. The van der Waals surface area contributed by atoms with Gasteiger partial charge in [-0.3, -0.25) is 0 Å². The van der Waals surface area contributed by atoms with Crippen LogP contribution in [0.3, 0.4) is 0 Å². The minimum absolute atomic E-state index is 0.163. The summed E-state index contributed by atoms with van der Waals surface area (Å²) in [5.41, 5.74) is 2.12. The molecular formula is C14H12ClF2NOS. The first-order valence-electron chi connectivity index (χ1n) is 6.21. The van der Waals surface area contributed by atoms with Crippen molar-refractivity contribution in [3.8, 4) is 5.75 Å². The number of rotatable bonds is 4. The number of benzene rings is 1. The Morgan fingerprint density at radius 2 is 2.05 bits per heavy atom. The van der Waals surface area contributed by atoms with Crippen LogP contribution >= 0.6 is 22.9 Å². The van der Waals surface area contributed by atoms with Crippen molar-refractivity contribution < 1.29 is 13.5 Å². The molecule has 1 aliphatic carbocycles. The molecule has 0 bridgehead atoms. The van der Waals surface area contributed by atoms with Crippen LogP contribution in [0.4, 0.5) is 14.5 Å². The molecular weight excluding hydrogens is 304 g/mol. The van der Waals surface area contributed by atoms with Crippen LogP contribution in [0.2, 0.25) is 4.34 Å². The molecule has 1 atom stereocenters. The predicted octanol–water partition coefficient (Wildman–Crippen LogP) is 5.10. The smallest absolute Gasteiger partial charge is 0.387 e. The summed E-state index contributed by atoms with van der Waals surface area (Å²) < 4.78 is 29.3. The standard InChI is InChI=1S/C14H12ClF2NOS/c15-13-7-10-11(5-6-12(10)20-13)18-8-1-3-9(4-2-8)19-14(16)17/h1-4,7,11,14,18H,5-6H2. The Morgan fingerprint density at radius 3 is 2.75 bits per heavy atom. The van der Waals surface area contributed by atoms with Crippen molar-refractivity contribution in [3.63, 3.8) is 0 Å². The average molecular weight is 316 g/mol. The van der Waals surface area contributed by atoms with Crippen LogP contribution in [0.1, 0.15) is 22.9 Å². The summed E-state index contributed by atoms with van der Waals surface area (Å²) >= 11 is 7.64. The summed E-state index contributed by atoms with van der Waals surface area (Å²) in [6.07, 6.45) is 2.05. The van der Waals surface area contributed by atoms with E-state index >= 15 is 0 Å². The average Bonchev–Trinajstić information content (AvgIpc) is 2.92. The van der Waals surface area contributed by atoms with Crippen molar-refractivity contribution in [2.75, 3.05) is 5.32 Å². The first-order valence-corrected chi connectivity index (χ1v) is 7.41. The largest absolute Gasteiger partial charge is 0.435 e. The molecule has 106 valence electrons. The molecule has 2 aromatic rings. The van der Waals surface area contributed by atoms with Gasteiger partial charge in [0.15, 0.2) is 0 Å². The van der Waals surface area contributed by atoms with Crippen molar-refractivity contribution in [2.24, 2.45) is 0 Å². The lowest BCUT2D eigenvalue weighted by Gasteiger charge is -2.15. The van der Waals surface area contributed by atoms with Crippen LogP contribution in [0.5, 0.6) is 5.75 Å². The first-order chi connectivity index (χ1) is 9.61. The van der Waals surface area contributed by atoms with Crippen LogP contribution in [0, 0.1) is 0 Å². The van der Waals surface area contributed by atoms with E-state index in [1.165, 1.54) is 22.6 Å². The lowest BCUT2D eigenvalue weighted by Crippen LogP contribution is -2.07. The van der Waals surface area contributed by atoms with Gasteiger partial charge in [0.1, 0.15) is 5.75 Å². The van der Waals surface area contributed by atoms with E-state index in [9.17, 15) is 8.78 Å². The molecule has 20 heavy (non-hydrogen) atoms. The molecule has 0 spiro atoms. The van der Waals surface area contributed by atoms with Gasteiger partial charge < -0.3 is 10.1 Å². The van der Waals surface area contributed by atoms with Crippen molar-refractivity contribution in [1.82, 2.24) is 0 Å². The Balaban J connectivity index is 1.69. The first kappa shape index (κ1) is 13.6. The predicted molar refractivity (Wildman–Crippen MR) is 77.1 cm³/mol. The highest BCUT2D eigenvalue weighted by Crippen LogP contribution is 2.40. The van der Waals surface area contributed by atoms with Gasteiger partial charge in [-0.15, -0.1) is 11.3 Å². The fraction of sp³-hybridized carbons (Fsp3) is 0.286. The van der Waals surface area contributed by atoms with E-state index in [-0.39, 0.29) is 11.8 Å². The number of halogens is 3. The van der Waals surface area contributed by atoms with E-state index in [0.29, 0.717) is 0 Å². The van der Waals surface area contributed by atoms with E-state index in [4.69, 9.17) is 11.6 Å². The van der Waals surface area contributed by atoms with Gasteiger partial charge in [-0.25, -0.2) is 0 Å². The topological polar surface area (TPSA) is 21.3 Å². The van der Waals surface area contributed by atoms with Gasteiger partial charge in [0, 0.05) is 10.6 Å². The zero-order valence-corrected chi connectivity index (χ0v) is 12.0. The van der Waals surface area contributed by atoms with Gasteiger partial charge in [0.2, 0.25) is 0 Å². The molecule has 6 heteroatoms. The van der Waals surface area contributed by atoms with Crippen LogP contribution < -0.4 is 10.1 Å².